The van der Waals surface area contributed by atoms with E-state index in [1.165, 1.54) is 0 Å². The van der Waals surface area contributed by atoms with E-state index in [-0.39, 0.29) is 35.6 Å². The van der Waals surface area contributed by atoms with Gasteiger partial charge in [0.2, 0.25) is 5.91 Å². The second-order valence-electron chi connectivity index (χ2n) is 8.63. The molecule has 0 saturated heterocycles. The summed E-state index contributed by atoms with van der Waals surface area (Å²) in [6.07, 6.45) is 3.33. The highest BCUT2D eigenvalue weighted by Crippen LogP contribution is 2.52. The van der Waals surface area contributed by atoms with Crippen molar-refractivity contribution in [1.82, 2.24) is 10.6 Å². The fraction of sp³-hybridized carbons (Fsp3) is 0.478. The molecule has 3 saturated carbocycles. The van der Waals surface area contributed by atoms with Crippen LogP contribution in [0.4, 0.5) is 0 Å². The molecule has 3 fully saturated rings. The van der Waals surface area contributed by atoms with Gasteiger partial charge in [0.1, 0.15) is 11.5 Å². The number of fused-ring (bicyclic) bond motifs is 3. The van der Waals surface area contributed by atoms with Gasteiger partial charge in [0.25, 0.3) is 5.91 Å². The van der Waals surface area contributed by atoms with Crippen molar-refractivity contribution in [3.8, 4) is 11.5 Å². The highest BCUT2D eigenvalue weighted by molar-refractivity contribution is 7.10. The Balaban J connectivity index is 1.34. The van der Waals surface area contributed by atoms with Crippen LogP contribution >= 0.6 is 11.3 Å². The highest BCUT2D eigenvalue weighted by atomic mass is 32.1. The summed E-state index contributed by atoms with van der Waals surface area (Å²) in [7, 11) is 1.60. The third-order valence-electron chi connectivity index (χ3n) is 6.93. The monoisotopic (exact) mass is 426 g/mol. The molecule has 5 atom stereocenters. The normalized spacial score (nSPS) is 30.2. The summed E-state index contributed by atoms with van der Waals surface area (Å²) in [4.78, 5) is 27.0. The first kappa shape index (κ1) is 19.4. The number of carbonyl (C=O) groups excluding carboxylic acids is 2. The number of rotatable bonds is 4. The number of carbonyl (C=O) groups is 2. The van der Waals surface area contributed by atoms with Crippen LogP contribution in [-0.2, 0) is 4.79 Å². The molecule has 2 amide bonds. The fourth-order valence-corrected chi connectivity index (χ4v) is 6.10. The molecule has 0 unspecified atom stereocenters. The lowest BCUT2D eigenvalue weighted by atomic mass is 9.60. The number of hydrogen-bond donors (Lipinski definition) is 2. The fourth-order valence-electron chi connectivity index (χ4n) is 5.37. The van der Waals surface area contributed by atoms with Crippen molar-refractivity contribution in [3.63, 3.8) is 0 Å². The van der Waals surface area contributed by atoms with E-state index in [9.17, 15) is 9.59 Å². The molecule has 1 aromatic heterocycles. The molecular weight excluding hydrogens is 400 g/mol. The first-order valence-corrected chi connectivity index (χ1v) is 11.4. The standard InChI is InChI=1S/C23H26N2O4S/c1-13(20-4-3-9-30-20)24-21(26)18-10-15-6-5-14(18)12-23(15)25-22(27)17-8-7-16(28-2)11-19(17)29-23/h3-4,7-9,11,13-15,18H,5-6,10,12H2,1-2H3,(H,24,26)(H,25,27)/t13-,14-,15+,18+,23+/m1/s1. The Morgan fingerprint density at radius 2 is 2.23 bits per heavy atom. The molecular formula is C23H26N2O4S. The van der Waals surface area contributed by atoms with Gasteiger partial charge in [-0.1, -0.05) is 6.07 Å². The van der Waals surface area contributed by atoms with Crippen LogP contribution in [0.25, 0.3) is 0 Å². The summed E-state index contributed by atoms with van der Waals surface area (Å²) in [6.45, 7) is 2.03. The first-order chi connectivity index (χ1) is 14.5. The molecule has 2 aromatic rings. The van der Waals surface area contributed by atoms with E-state index in [1.807, 2.05) is 18.4 Å². The molecule has 6 nitrogen and oxygen atoms in total. The van der Waals surface area contributed by atoms with Crippen LogP contribution < -0.4 is 20.1 Å². The maximum atomic E-state index is 13.1. The van der Waals surface area contributed by atoms with Gasteiger partial charge in [-0.3, -0.25) is 9.59 Å². The maximum absolute atomic E-state index is 13.1. The maximum Gasteiger partial charge on any atom is 0.258 e. The van der Waals surface area contributed by atoms with Crippen LogP contribution in [0.5, 0.6) is 11.5 Å². The molecule has 30 heavy (non-hydrogen) atoms. The molecule has 2 bridgehead atoms. The Labute approximate surface area is 180 Å². The summed E-state index contributed by atoms with van der Waals surface area (Å²) in [5.41, 5.74) is -0.197. The van der Waals surface area contributed by atoms with E-state index in [2.05, 4.69) is 16.7 Å². The average Bonchev–Trinajstić information content (AvgIpc) is 3.28. The molecule has 1 spiro atoms. The minimum atomic E-state index is -0.727. The number of nitrogens with one attached hydrogen (secondary N) is 2. The van der Waals surface area contributed by atoms with Crippen molar-refractivity contribution in [2.75, 3.05) is 7.11 Å². The third-order valence-corrected chi connectivity index (χ3v) is 7.99. The van der Waals surface area contributed by atoms with Crippen LogP contribution in [0.15, 0.2) is 35.7 Å². The van der Waals surface area contributed by atoms with Crippen LogP contribution in [0.3, 0.4) is 0 Å². The number of methoxy groups -OCH3 is 1. The molecule has 2 N–H and O–H groups in total. The Hall–Kier alpha value is -2.54. The van der Waals surface area contributed by atoms with E-state index in [0.29, 0.717) is 23.5 Å². The number of amides is 2. The van der Waals surface area contributed by atoms with Gasteiger partial charge in [-0.25, -0.2) is 0 Å². The van der Waals surface area contributed by atoms with Gasteiger partial charge in [0, 0.05) is 29.2 Å². The molecule has 3 aliphatic carbocycles. The van der Waals surface area contributed by atoms with Gasteiger partial charge >= 0.3 is 0 Å². The van der Waals surface area contributed by atoms with Crippen molar-refractivity contribution >= 4 is 23.2 Å². The Morgan fingerprint density at radius 3 is 2.93 bits per heavy atom. The summed E-state index contributed by atoms with van der Waals surface area (Å²) < 4.78 is 11.7. The average molecular weight is 427 g/mol. The number of hydrogen-bond acceptors (Lipinski definition) is 5. The molecule has 158 valence electrons. The van der Waals surface area contributed by atoms with Gasteiger partial charge in [0.15, 0.2) is 5.72 Å². The minimum Gasteiger partial charge on any atom is -0.497 e. The van der Waals surface area contributed by atoms with E-state index < -0.39 is 5.72 Å². The largest absolute Gasteiger partial charge is 0.497 e. The third kappa shape index (κ3) is 3.16. The molecule has 2 heterocycles. The van der Waals surface area contributed by atoms with E-state index in [4.69, 9.17) is 9.47 Å². The van der Waals surface area contributed by atoms with Crippen molar-refractivity contribution < 1.29 is 19.1 Å². The summed E-state index contributed by atoms with van der Waals surface area (Å²) >= 11 is 1.66. The smallest absolute Gasteiger partial charge is 0.258 e. The Kier molecular flexibility index (Phi) is 4.73. The van der Waals surface area contributed by atoms with Crippen molar-refractivity contribution in [2.24, 2.45) is 17.8 Å². The summed E-state index contributed by atoms with van der Waals surface area (Å²) in [5.74, 6) is 1.50. The summed E-state index contributed by atoms with van der Waals surface area (Å²) in [6, 6.07) is 9.35. The van der Waals surface area contributed by atoms with Gasteiger partial charge < -0.3 is 20.1 Å². The van der Waals surface area contributed by atoms with Gasteiger partial charge in [-0.2, -0.15) is 0 Å². The van der Waals surface area contributed by atoms with Crippen molar-refractivity contribution in [3.05, 3.63) is 46.2 Å². The topological polar surface area (TPSA) is 76.7 Å². The molecule has 0 radical (unpaired) electrons. The quantitative estimate of drug-likeness (QED) is 0.778. The minimum absolute atomic E-state index is 0.0110. The Bertz CT molecular complexity index is 976. The second-order valence-corrected chi connectivity index (χ2v) is 9.61. The zero-order valence-electron chi connectivity index (χ0n) is 17.1. The van der Waals surface area contributed by atoms with Gasteiger partial charge in [0.05, 0.1) is 18.7 Å². The lowest BCUT2D eigenvalue weighted by Crippen LogP contribution is -2.67. The van der Waals surface area contributed by atoms with Crippen LogP contribution in [0.1, 0.15) is 53.9 Å². The number of thiophene rings is 1. The second kappa shape index (κ2) is 7.30. The lowest BCUT2D eigenvalue weighted by Gasteiger charge is -2.55. The summed E-state index contributed by atoms with van der Waals surface area (Å²) in [5, 5.41) is 8.37. The SMILES string of the molecule is COc1ccc2c(c1)O[C@]1(C[C@H]3CC[C@H]1C[C@@H]3C(=O)N[C@H](C)c1cccs1)NC2=O. The predicted octanol–water partition coefficient (Wildman–Crippen LogP) is 3.89. The highest BCUT2D eigenvalue weighted by Gasteiger charge is 2.57. The van der Waals surface area contributed by atoms with Crippen LogP contribution in [0, 0.1) is 17.8 Å². The molecule has 7 heteroatoms. The van der Waals surface area contributed by atoms with Crippen LogP contribution in [0.2, 0.25) is 0 Å². The number of ether oxygens (including phenoxy) is 2. The van der Waals surface area contributed by atoms with E-state index in [1.54, 1.807) is 36.6 Å². The first-order valence-electron chi connectivity index (χ1n) is 10.5. The zero-order valence-corrected chi connectivity index (χ0v) is 18.0. The van der Waals surface area contributed by atoms with Gasteiger partial charge in [-0.15, -0.1) is 11.3 Å². The molecule has 1 aliphatic heterocycles. The Morgan fingerprint density at radius 1 is 1.37 bits per heavy atom. The van der Waals surface area contributed by atoms with E-state index >= 15 is 0 Å². The lowest BCUT2D eigenvalue weighted by molar-refractivity contribution is -0.147. The van der Waals surface area contributed by atoms with Gasteiger partial charge in [-0.05, 0) is 55.7 Å². The molecule has 4 aliphatic rings. The molecule has 6 rings (SSSR count). The van der Waals surface area contributed by atoms with Crippen LogP contribution in [-0.4, -0.2) is 24.6 Å². The van der Waals surface area contributed by atoms with Crippen molar-refractivity contribution in [1.29, 1.82) is 0 Å². The number of benzene rings is 1. The van der Waals surface area contributed by atoms with Crippen molar-refractivity contribution in [2.45, 2.75) is 44.4 Å². The molecule has 1 aromatic carbocycles. The van der Waals surface area contributed by atoms with E-state index in [0.717, 1.165) is 24.1 Å². The zero-order chi connectivity index (χ0) is 20.9. The predicted molar refractivity (Wildman–Crippen MR) is 114 cm³/mol.